The first-order valence-corrected chi connectivity index (χ1v) is 6.69. The zero-order valence-electron chi connectivity index (χ0n) is 14.7. The molecule has 0 heterocycles. The van der Waals surface area contributed by atoms with E-state index < -0.39 is 6.16 Å². The van der Waals surface area contributed by atoms with Gasteiger partial charge in [-0.2, -0.15) is 0 Å². The van der Waals surface area contributed by atoms with Crippen molar-refractivity contribution in [2.75, 3.05) is 28.4 Å². The Morgan fingerprint density at radius 3 is 0.909 bits per heavy atom. The van der Waals surface area contributed by atoms with Gasteiger partial charge in [0.05, 0.1) is 0 Å². The fourth-order valence-corrected chi connectivity index (χ4v) is 0.933. The number of rotatable bonds is 8. The summed E-state index contributed by atoms with van der Waals surface area (Å²) in [5.74, 6) is 0. The third kappa shape index (κ3) is 27.4. The van der Waals surface area contributed by atoms with Crippen molar-refractivity contribution in [3.8, 4) is 0 Å². The fourth-order valence-electron chi connectivity index (χ4n) is 0.933. The molecule has 0 radical (unpaired) electrons. The van der Waals surface area contributed by atoms with Gasteiger partial charge in [0.15, 0.2) is 0 Å². The molecular formula is C13H32N2O7. The summed E-state index contributed by atoms with van der Waals surface area (Å²) >= 11 is 0. The van der Waals surface area contributed by atoms with Gasteiger partial charge in [0, 0.05) is 28.4 Å². The first-order valence-electron chi connectivity index (χ1n) is 6.69. The number of carbonyl (C=O) groups is 1. The molecule has 0 aliphatic carbocycles. The Kier molecular flexibility index (Phi) is 21.3. The normalized spacial score (nSPS) is 15.3. The average molecular weight is 328 g/mol. The first kappa shape index (κ1) is 26.0. The highest BCUT2D eigenvalue weighted by Crippen LogP contribution is 1.87. The third-order valence-electron chi connectivity index (χ3n) is 2.35. The van der Waals surface area contributed by atoms with Crippen molar-refractivity contribution in [3.63, 3.8) is 0 Å². The molecule has 0 aliphatic heterocycles. The van der Waals surface area contributed by atoms with Crippen LogP contribution in [0.2, 0.25) is 0 Å². The van der Waals surface area contributed by atoms with E-state index in [-0.39, 0.29) is 24.9 Å². The second-order valence-electron chi connectivity index (χ2n) is 4.13. The number of hydrogen-bond donors (Lipinski definition) is 4. The van der Waals surface area contributed by atoms with E-state index >= 15 is 0 Å². The maximum absolute atomic E-state index is 8.56. The van der Waals surface area contributed by atoms with Crippen LogP contribution in [-0.4, -0.2) is 69.7 Å². The van der Waals surface area contributed by atoms with Crippen LogP contribution < -0.4 is 10.6 Å². The molecule has 4 unspecified atom stereocenters. The van der Waals surface area contributed by atoms with E-state index in [1.165, 1.54) is 0 Å². The lowest BCUT2D eigenvalue weighted by molar-refractivity contribution is 0.00757. The minimum absolute atomic E-state index is 0.0555. The molecule has 9 heteroatoms. The summed E-state index contributed by atoms with van der Waals surface area (Å²) in [6.45, 7) is 7.70. The summed E-state index contributed by atoms with van der Waals surface area (Å²) in [7, 11) is 6.61. The molecule has 0 aromatic carbocycles. The van der Waals surface area contributed by atoms with Crippen LogP contribution in [0.5, 0.6) is 0 Å². The topological polar surface area (TPSA) is 119 Å². The zero-order chi connectivity index (χ0) is 18.1. The third-order valence-corrected chi connectivity index (χ3v) is 2.35. The van der Waals surface area contributed by atoms with Crippen LogP contribution in [0.4, 0.5) is 4.79 Å². The number of hydrogen-bond acceptors (Lipinski definition) is 7. The van der Waals surface area contributed by atoms with Crippen molar-refractivity contribution in [2.45, 2.75) is 52.6 Å². The SMILES string of the molecule is COC(C)NC(C)OC.COC(C)NC(C)OC.O=C(O)O. The lowest BCUT2D eigenvalue weighted by Crippen LogP contribution is -2.36. The van der Waals surface area contributed by atoms with Crippen molar-refractivity contribution in [1.29, 1.82) is 0 Å². The first-order chi connectivity index (χ1) is 10.1. The van der Waals surface area contributed by atoms with Crippen LogP contribution >= 0.6 is 0 Å². The highest BCUT2D eigenvalue weighted by Gasteiger charge is 2.02. The van der Waals surface area contributed by atoms with Crippen molar-refractivity contribution >= 4 is 6.16 Å². The average Bonchev–Trinajstić information content (AvgIpc) is 2.46. The molecular weight excluding hydrogens is 296 g/mol. The quantitative estimate of drug-likeness (QED) is 0.489. The molecule has 0 bridgehead atoms. The van der Waals surface area contributed by atoms with Gasteiger partial charge < -0.3 is 29.2 Å². The molecule has 0 aliphatic rings. The maximum Gasteiger partial charge on any atom is 0.503 e. The predicted octanol–water partition coefficient (Wildman–Crippen LogP) is 1.34. The lowest BCUT2D eigenvalue weighted by atomic mass is 10.5. The van der Waals surface area contributed by atoms with Crippen LogP contribution in [0.15, 0.2) is 0 Å². The molecule has 0 spiro atoms. The smallest absolute Gasteiger partial charge is 0.450 e. The van der Waals surface area contributed by atoms with Gasteiger partial charge in [0.1, 0.15) is 24.9 Å². The predicted molar refractivity (Wildman–Crippen MR) is 82.8 cm³/mol. The fraction of sp³-hybridized carbons (Fsp3) is 0.923. The van der Waals surface area contributed by atoms with Crippen LogP contribution in [0, 0.1) is 0 Å². The second kappa shape index (κ2) is 18.1. The Bertz CT molecular complexity index is 206. The molecule has 0 amide bonds. The van der Waals surface area contributed by atoms with E-state index in [0.29, 0.717) is 0 Å². The Labute approximate surface area is 132 Å². The molecule has 0 rings (SSSR count). The summed E-state index contributed by atoms with van der Waals surface area (Å²) in [5, 5.41) is 20.0. The molecule has 22 heavy (non-hydrogen) atoms. The summed E-state index contributed by atoms with van der Waals surface area (Å²) in [6.07, 6.45) is -1.61. The molecule has 4 N–H and O–H groups in total. The molecule has 0 aromatic rings. The van der Waals surface area contributed by atoms with Crippen LogP contribution in [0.1, 0.15) is 27.7 Å². The second-order valence-corrected chi connectivity index (χ2v) is 4.13. The highest BCUT2D eigenvalue weighted by molar-refractivity contribution is 5.53. The summed E-state index contributed by atoms with van der Waals surface area (Å²) in [6, 6.07) is 0. The van der Waals surface area contributed by atoms with Crippen molar-refractivity contribution < 1.29 is 34.0 Å². The van der Waals surface area contributed by atoms with Gasteiger partial charge in [-0.15, -0.1) is 0 Å². The van der Waals surface area contributed by atoms with Gasteiger partial charge in [-0.3, -0.25) is 10.6 Å². The van der Waals surface area contributed by atoms with E-state index in [9.17, 15) is 0 Å². The monoisotopic (exact) mass is 328 g/mol. The summed E-state index contributed by atoms with van der Waals surface area (Å²) < 4.78 is 19.7. The largest absolute Gasteiger partial charge is 0.503 e. The number of methoxy groups -OCH3 is 4. The van der Waals surface area contributed by atoms with Gasteiger partial charge in [0.2, 0.25) is 0 Å². The lowest BCUT2D eigenvalue weighted by Gasteiger charge is -2.16. The molecule has 0 fully saturated rings. The number of nitrogens with one attached hydrogen (secondary N) is 2. The van der Waals surface area contributed by atoms with Crippen molar-refractivity contribution in [2.24, 2.45) is 0 Å². The van der Waals surface area contributed by atoms with E-state index in [0.717, 1.165) is 0 Å². The van der Waals surface area contributed by atoms with E-state index in [1.54, 1.807) is 28.4 Å². The van der Waals surface area contributed by atoms with E-state index in [2.05, 4.69) is 10.6 Å². The molecule has 0 saturated heterocycles. The van der Waals surface area contributed by atoms with Crippen LogP contribution in [-0.2, 0) is 18.9 Å². The highest BCUT2D eigenvalue weighted by atomic mass is 16.6. The minimum Gasteiger partial charge on any atom is -0.450 e. The van der Waals surface area contributed by atoms with E-state index in [1.807, 2.05) is 27.7 Å². The van der Waals surface area contributed by atoms with Gasteiger partial charge in [-0.1, -0.05) is 0 Å². The van der Waals surface area contributed by atoms with Crippen LogP contribution in [0.3, 0.4) is 0 Å². The Balaban J connectivity index is -0.000000266. The van der Waals surface area contributed by atoms with Crippen LogP contribution in [0.25, 0.3) is 0 Å². The Hall–Kier alpha value is -0.970. The van der Waals surface area contributed by atoms with Gasteiger partial charge in [-0.05, 0) is 27.7 Å². The van der Waals surface area contributed by atoms with Gasteiger partial charge >= 0.3 is 6.16 Å². The van der Waals surface area contributed by atoms with E-state index in [4.69, 9.17) is 34.0 Å². The Morgan fingerprint density at radius 1 is 0.682 bits per heavy atom. The Morgan fingerprint density at radius 2 is 0.818 bits per heavy atom. The number of carboxylic acid groups (broad SMARTS) is 2. The number of ether oxygens (including phenoxy) is 4. The zero-order valence-corrected chi connectivity index (χ0v) is 14.7. The standard InChI is InChI=1S/2C6H15NO2.CH2O3/c2*1-5(8-3)7-6(2)9-4;2-1(3)4/h2*5-7H,1-4H3;(H2,2,3,4). The van der Waals surface area contributed by atoms with Gasteiger partial charge in [-0.25, -0.2) is 4.79 Å². The van der Waals surface area contributed by atoms with Gasteiger partial charge in [0.25, 0.3) is 0 Å². The molecule has 0 saturated carbocycles. The van der Waals surface area contributed by atoms with Crippen molar-refractivity contribution in [1.82, 2.24) is 10.6 Å². The molecule has 136 valence electrons. The maximum atomic E-state index is 8.56. The molecule has 4 atom stereocenters. The summed E-state index contributed by atoms with van der Waals surface area (Å²) in [5.41, 5.74) is 0. The molecule has 9 nitrogen and oxygen atoms in total. The summed E-state index contributed by atoms with van der Waals surface area (Å²) in [4.78, 5) is 8.56. The minimum atomic E-state index is -1.83. The molecule has 0 aromatic heterocycles. The van der Waals surface area contributed by atoms with Crippen molar-refractivity contribution in [3.05, 3.63) is 0 Å².